The molecule has 0 radical (unpaired) electrons. The largest absolute Gasteiger partial charge is 0.479 e. The Hall–Kier alpha value is -1.71. The van der Waals surface area contributed by atoms with Crippen molar-refractivity contribution in [1.29, 1.82) is 0 Å². The van der Waals surface area contributed by atoms with E-state index in [0.29, 0.717) is 22.4 Å². The zero-order chi connectivity index (χ0) is 15.5. The number of H-pyrrole nitrogens is 1. The van der Waals surface area contributed by atoms with Crippen LogP contribution in [0.4, 0.5) is 0 Å². The van der Waals surface area contributed by atoms with E-state index in [0.717, 1.165) is 24.3 Å². The summed E-state index contributed by atoms with van der Waals surface area (Å²) in [4.78, 5) is 3.42. The van der Waals surface area contributed by atoms with Gasteiger partial charge in [-0.05, 0) is 36.8 Å². The lowest BCUT2D eigenvalue weighted by atomic mass is 10.3. The van der Waals surface area contributed by atoms with E-state index < -0.39 is 0 Å². The fourth-order valence-electron chi connectivity index (χ4n) is 2.51. The van der Waals surface area contributed by atoms with E-state index in [1.807, 2.05) is 12.1 Å². The van der Waals surface area contributed by atoms with Gasteiger partial charge >= 0.3 is 0 Å². The van der Waals surface area contributed by atoms with Gasteiger partial charge in [-0.25, -0.2) is 9.55 Å². The Labute approximate surface area is 139 Å². The van der Waals surface area contributed by atoms with Crippen molar-refractivity contribution in [1.82, 2.24) is 4.98 Å². The third kappa shape index (κ3) is 3.06. The average molecular weight is 336 g/mol. The maximum absolute atomic E-state index is 6.15. The smallest absolute Gasteiger partial charge is 0.293 e. The van der Waals surface area contributed by atoms with Crippen molar-refractivity contribution in [2.45, 2.75) is 26.5 Å². The number of nitrogens with zero attached hydrogens (tertiary/aromatic N) is 1. The molecule has 0 atom stereocenters. The molecular formula is C17H17Cl2N2O+. The Balaban J connectivity index is 1.88. The number of hydrogen-bond acceptors (Lipinski definition) is 1. The Morgan fingerprint density at radius 3 is 2.73 bits per heavy atom. The molecule has 22 heavy (non-hydrogen) atoms. The van der Waals surface area contributed by atoms with E-state index in [-0.39, 0.29) is 0 Å². The third-order valence-electron chi connectivity index (χ3n) is 3.51. The van der Waals surface area contributed by atoms with Crippen LogP contribution in [0.15, 0.2) is 42.5 Å². The quantitative estimate of drug-likeness (QED) is 0.669. The first-order chi connectivity index (χ1) is 10.7. The van der Waals surface area contributed by atoms with Crippen molar-refractivity contribution >= 4 is 34.2 Å². The zero-order valence-electron chi connectivity index (χ0n) is 12.3. The third-order valence-corrected chi connectivity index (χ3v) is 4.04. The Kier molecular flexibility index (Phi) is 4.55. The van der Waals surface area contributed by atoms with Gasteiger partial charge in [0.15, 0.2) is 17.6 Å². The number of rotatable bonds is 5. The SMILES string of the molecule is CCC[n+]1c(COc2ccc(Cl)cc2Cl)[nH]c2ccccc21. The summed E-state index contributed by atoms with van der Waals surface area (Å²) >= 11 is 12.1. The molecule has 0 amide bonds. The van der Waals surface area contributed by atoms with Gasteiger partial charge in [0.05, 0.1) is 11.6 Å². The number of aromatic amines is 1. The van der Waals surface area contributed by atoms with Gasteiger partial charge < -0.3 is 4.74 Å². The number of halogens is 2. The highest BCUT2D eigenvalue weighted by atomic mass is 35.5. The van der Waals surface area contributed by atoms with Gasteiger partial charge in [-0.3, -0.25) is 0 Å². The van der Waals surface area contributed by atoms with Crippen LogP contribution in [0, 0.1) is 0 Å². The van der Waals surface area contributed by atoms with Gasteiger partial charge in [-0.15, -0.1) is 0 Å². The van der Waals surface area contributed by atoms with Gasteiger partial charge in [0.25, 0.3) is 5.82 Å². The Morgan fingerprint density at radius 1 is 1.14 bits per heavy atom. The molecule has 0 aliphatic rings. The predicted octanol–water partition coefficient (Wildman–Crippen LogP) is 4.75. The first-order valence-electron chi connectivity index (χ1n) is 7.26. The van der Waals surface area contributed by atoms with Crippen LogP contribution in [-0.2, 0) is 13.2 Å². The molecule has 3 rings (SSSR count). The van der Waals surface area contributed by atoms with E-state index in [4.69, 9.17) is 27.9 Å². The standard InChI is InChI=1S/C17H16Cl2N2O/c1-2-9-21-15-6-4-3-5-14(15)20-17(21)11-22-16-8-7-12(18)10-13(16)19/h3-8,10H,2,9,11H2,1H3/p+1. The monoisotopic (exact) mass is 335 g/mol. The van der Waals surface area contributed by atoms with E-state index in [9.17, 15) is 0 Å². The lowest BCUT2D eigenvalue weighted by Gasteiger charge is -2.06. The van der Waals surface area contributed by atoms with E-state index in [2.05, 4.69) is 28.6 Å². The van der Waals surface area contributed by atoms with Gasteiger partial charge in [0.1, 0.15) is 5.75 Å². The van der Waals surface area contributed by atoms with Crippen molar-refractivity contribution in [3.05, 3.63) is 58.3 Å². The summed E-state index contributed by atoms with van der Waals surface area (Å²) in [5.74, 6) is 1.65. The van der Waals surface area contributed by atoms with Crippen molar-refractivity contribution < 1.29 is 9.30 Å². The normalized spacial score (nSPS) is 11.0. The van der Waals surface area contributed by atoms with Gasteiger partial charge in [-0.1, -0.05) is 42.3 Å². The topological polar surface area (TPSA) is 28.9 Å². The minimum absolute atomic E-state index is 0.427. The number of fused-ring (bicyclic) bond motifs is 1. The maximum Gasteiger partial charge on any atom is 0.293 e. The number of nitrogens with one attached hydrogen (secondary N) is 1. The molecule has 0 unspecified atom stereocenters. The molecule has 5 heteroatoms. The lowest BCUT2D eigenvalue weighted by Crippen LogP contribution is -2.37. The second-order valence-electron chi connectivity index (χ2n) is 5.10. The Morgan fingerprint density at radius 2 is 1.95 bits per heavy atom. The summed E-state index contributed by atoms with van der Waals surface area (Å²) in [7, 11) is 0. The number of imidazole rings is 1. The van der Waals surface area contributed by atoms with Crippen molar-refractivity contribution in [2.24, 2.45) is 0 Å². The van der Waals surface area contributed by atoms with Crippen LogP contribution in [0.1, 0.15) is 19.2 Å². The number of benzene rings is 2. The maximum atomic E-state index is 6.15. The second kappa shape index (κ2) is 6.59. The van der Waals surface area contributed by atoms with E-state index in [1.54, 1.807) is 18.2 Å². The molecule has 3 nitrogen and oxygen atoms in total. The van der Waals surface area contributed by atoms with Crippen LogP contribution >= 0.6 is 23.2 Å². The number of aryl methyl sites for hydroxylation is 1. The minimum Gasteiger partial charge on any atom is -0.479 e. The van der Waals surface area contributed by atoms with E-state index in [1.165, 1.54) is 5.52 Å². The van der Waals surface area contributed by atoms with Crippen LogP contribution < -0.4 is 9.30 Å². The van der Waals surface area contributed by atoms with Gasteiger partial charge in [-0.2, -0.15) is 0 Å². The van der Waals surface area contributed by atoms with Crippen LogP contribution in [0.25, 0.3) is 11.0 Å². The fraction of sp³-hybridized carbons (Fsp3) is 0.235. The summed E-state index contributed by atoms with van der Waals surface area (Å²) in [6, 6.07) is 13.5. The molecule has 0 spiro atoms. The molecule has 0 bridgehead atoms. The molecule has 2 aromatic carbocycles. The summed E-state index contributed by atoms with van der Waals surface area (Å²) in [5, 5.41) is 1.12. The summed E-state index contributed by atoms with van der Waals surface area (Å²) in [6.07, 6.45) is 1.06. The van der Waals surface area contributed by atoms with Crippen LogP contribution in [0.3, 0.4) is 0 Å². The summed E-state index contributed by atoms with van der Waals surface area (Å²) in [6.45, 7) is 3.53. The van der Waals surface area contributed by atoms with Crippen LogP contribution in [0.5, 0.6) is 5.75 Å². The number of ether oxygens (including phenoxy) is 1. The number of hydrogen-bond donors (Lipinski definition) is 1. The molecule has 0 aliphatic heterocycles. The molecule has 1 N–H and O–H groups in total. The van der Waals surface area contributed by atoms with Crippen LogP contribution in [-0.4, -0.2) is 4.98 Å². The summed E-state index contributed by atoms with van der Waals surface area (Å²) in [5.41, 5.74) is 2.29. The first-order valence-corrected chi connectivity index (χ1v) is 8.02. The Bertz CT molecular complexity index is 798. The minimum atomic E-state index is 0.427. The van der Waals surface area contributed by atoms with Gasteiger partial charge in [0, 0.05) is 5.02 Å². The molecule has 0 aliphatic carbocycles. The lowest BCUT2D eigenvalue weighted by molar-refractivity contribution is -0.680. The molecule has 3 aromatic rings. The molecule has 0 saturated heterocycles. The van der Waals surface area contributed by atoms with E-state index >= 15 is 0 Å². The molecule has 0 fully saturated rings. The second-order valence-corrected chi connectivity index (χ2v) is 5.95. The average Bonchev–Trinajstić information content (AvgIpc) is 2.85. The molecule has 0 saturated carbocycles. The van der Waals surface area contributed by atoms with Crippen molar-refractivity contribution in [3.8, 4) is 5.75 Å². The summed E-state index contributed by atoms with van der Waals surface area (Å²) < 4.78 is 8.10. The highest BCUT2D eigenvalue weighted by Gasteiger charge is 2.18. The van der Waals surface area contributed by atoms with Crippen molar-refractivity contribution in [2.75, 3.05) is 0 Å². The number of aromatic nitrogens is 2. The zero-order valence-corrected chi connectivity index (χ0v) is 13.8. The highest BCUT2D eigenvalue weighted by molar-refractivity contribution is 6.35. The fourth-order valence-corrected chi connectivity index (χ4v) is 2.98. The molecular weight excluding hydrogens is 319 g/mol. The van der Waals surface area contributed by atoms with Gasteiger partial charge in [0.2, 0.25) is 0 Å². The number of para-hydroxylation sites is 2. The molecule has 114 valence electrons. The van der Waals surface area contributed by atoms with Crippen molar-refractivity contribution in [3.63, 3.8) is 0 Å². The first kappa shape index (κ1) is 15.2. The predicted molar refractivity (Wildman–Crippen MR) is 89.6 cm³/mol. The highest BCUT2D eigenvalue weighted by Crippen LogP contribution is 2.28. The molecule has 1 aromatic heterocycles. The molecule has 1 heterocycles. The van der Waals surface area contributed by atoms with Crippen LogP contribution in [0.2, 0.25) is 10.0 Å².